The minimum absolute atomic E-state index is 0. The Morgan fingerprint density at radius 2 is 0.585 bits per heavy atom. The number of nitrogens with zero attached hydrogens (tertiary/aromatic N) is 12. The molecule has 147 heavy (non-hydrogen) atoms. The number of para-hydroxylation sites is 6. The summed E-state index contributed by atoms with van der Waals surface area (Å²) in [5, 5.41) is 42.4. The van der Waals surface area contributed by atoms with Crippen LogP contribution in [0.2, 0.25) is 0 Å². The number of aryl methyl sites for hydroxylation is 3. The zero-order chi connectivity index (χ0) is 102. The Morgan fingerprint density at radius 1 is 0.252 bits per heavy atom. The number of aromatic nitrogens is 12. The first kappa shape index (κ1) is 104. The summed E-state index contributed by atoms with van der Waals surface area (Å²) in [5.41, 5.74) is 35.7. The number of phenols is 3. The molecule has 0 bridgehead atoms. The Balaban J connectivity index is 0.000000143. The second-order valence-corrected chi connectivity index (χ2v) is 46.3. The molecule has 3 N–H and O–H groups in total. The minimum atomic E-state index is -0.0845. The van der Waals surface area contributed by atoms with Crippen LogP contribution in [0.15, 0.2) is 273 Å². The maximum absolute atomic E-state index is 11.1. The van der Waals surface area contributed by atoms with Gasteiger partial charge in [-0.25, -0.2) is 29.9 Å². The van der Waals surface area contributed by atoms with Crippen LogP contribution in [-0.2, 0) is 103 Å². The van der Waals surface area contributed by atoms with E-state index in [2.05, 4.69) is 375 Å². The van der Waals surface area contributed by atoms with Crippen molar-refractivity contribution in [1.29, 1.82) is 0 Å². The monoisotopic (exact) mass is 2470 g/mol. The standard InChI is InChI=1S/2C45H43N4O.C39H39N4O.3Pt/c1-25-18-26(2)20-27(19-25)32-24-37(47-42-30(32)12-11-15-39(42)50)31-13-10-14-38-41(31)48-43(49(38)9)35-23-29(45(6,7)8)22-34-33-21-28(44(3,4)5)16-17-36(33)46-40(34)35;1-26(2)49-38-18-12-17-31(37-25-32(27-14-10-9-11-15-27)30-16-13-19-39(50)42(30)47-37)41(38)48-43(49)35-24-29(45(6,7)8)23-34-33-22-28(44(3,4)5)20-21-36(33)46-40(34)35;1-22(2)43-32-13-10-12-26(30-17-15-23-11-9-14-33(44)34(23)40-30)36(32)42-37(43)29-21-25(39(6,7)8)20-28-27-19-24(38(3,4)5)16-18-31(27)41-35(28)29;;;/h10-24H,1-9H3,(H-,46,47,48,50);9-26H,1-8H3,(H-,46,47,48,50);9-22H,1-8H3,(H-,40,41,42,44);;;/q3*-1;;;. The van der Waals surface area contributed by atoms with Crippen LogP contribution >= 0.6 is 0 Å². The Labute approximate surface area is 903 Å². The van der Waals surface area contributed by atoms with Crippen molar-refractivity contribution in [2.24, 2.45) is 7.05 Å². The Bertz CT molecular complexity index is 9160. The van der Waals surface area contributed by atoms with E-state index in [0.29, 0.717) is 16.6 Å². The van der Waals surface area contributed by atoms with Gasteiger partial charge in [-0.1, -0.05) is 336 Å². The molecule has 0 saturated carbocycles. The van der Waals surface area contributed by atoms with Crippen LogP contribution in [-0.4, -0.2) is 58.9 Å². The van der Waals surface area contributed by atoms with Crippen molar-refractivity contribution in [2.45, 2.75) is 211 Å². The van der Waals surface area contributed by atoms with E-state index < -0.39 is 0 Å². The first-order valence-corrected chi connectivity index (χ1v) is 50.4. The quantitative estimate of drug-likeness (QED) is 0.117. The fourth-order valence-electron chi connectivity index (χ4n) is 21.0. The summed E-state index contributed by atoms with van der Waals surface area (Å²) in [5.74, 6) is 3.16. The van der Waals surface area contributed by atoms with E-state index in [1.165, 1.54) is 66.1 Å². The van der Waals surface area contributed by atoms with Gasteiger partial charge in [-0.05, 0) is 235 Å². The molecule has 23 rings (SSSR count). The molecule has 15 nitrogen and oxygen atoms in total. The van der Waals surface area contributed by atoms with Gasteiger partial charge in [0.05, 0.1) is 50.2 Å². The van der Waals surface area contributed by atoms with E-state index in [-0.39, 0.29) is 125 Å². The van der Waals surface area contributed by atoms with Gasteiger partial charge < -0.3 is 44.0 Å². The van der Waals surface area contributed by atoms with Crippen LogP contribution in [0, 0.1) is 13.8 Å². The second-order valence-electron chi connectivity index (χ2n) is 46.3. The number of phenolic OH excluding ortho intramolecular Hbond substituents is 3. The van der Waals surface area contributed by atoms with E-state index in [4.69, 9.17) is 44.9 Å². The van der Waals surface area contributed by atoms with Gasteiger partial charge in [-0.15, -0.1) is 33.1 Å². The van der Waals surface area contributed by atoms with Crippen LogP contribution < -0.4 is 15.0 Å². The maximum Gasteiger partial charge on any atom is 0.141 e. The molecule has 9 heterocycles. The predicted molar refractivity (Wildman–Crippen MR) is 602 cm³/mol. The van der Waals surface area contributed by atoms with Gasteiger partial charge in [0.15, 0.2) is 0 Å². The van der Waals surface area contributed by atoms with Gasteiger partial charge in [0, 0.05) is 132 Å². The molecule has 0 atom stereocenters. The molecule has 18 heteroatoms. The summed E-state index contributed by atoms with van der Waals surface area (Å²) in [7, 11) is 2.09. The molecule has 14 aromatic carbocycles. The van der Waals surface area contributed by atoms with Gasteiger partial charge >= 0.3 is 0 Å². The first-order chi connectivity index (χ1) is 68.3. The van der Waals surface area contributed by atoms with Crippen molar-refractivity contribution < 1.29 is 78.5 Å². The van der Waals surface area contributed by atoms with E-state index in [1.807, 2.05) is 66.7 Å². The fourth-order valence-corrected chi connectivity index (χ4v) is 21.0. The molecule has 0 radical (unpaired) electrons. The third kappa shape index (κ3) is 18.8. The molecule has 0 aliphatic carbocycles. The molecule has 9 aromatic heterocycles. The zero-order valence-electron chi connectivity index (χ0n) is 88.3. The van der Waals surface area contributed by atoms with Crippen LogP contribution in [0.25, 0.3) is 221 Å². The average Bonchev–Trinajstić information content (AvgIpc) is 1.55. The van der Waals surface area contributed by atoms with Crippen molar-refractivity contribution in [2.75, 3.05) is 0 Å². The zero-order valence-corrected chi connectivity index (χ0v) is 95.1. The Morgan fingerprint density at radius 3 is 0.980 bits per heavy atom. The van der Waals surface area contributed by atoms with Gasteiger partial charge in [-0.2, -0.15) is 0 Å². The Hall–Kier alpha value is -13.4. The Kier molecular flexibility index (Phi) is 27.0. The first-order valence-electron chi connectivity index (χ1n) is 50.4. The molecule has 0 amide bonds. The van der Waals surface area contributed by atoms with Gasteiger partial charge in [0.2, 0.25) is 0 Å². The van der Waals surface area contributed by atoms with Crippen LogP contribution in [0.4, 0.5) is 0 Å². The SMILES string of the molecule is CC(C)n1c(-c2cc(C(C)(C)C)cc3c2[n-]c2ccc(C(C)(C)C)cc23)nc2c(-c3cc(-c4ccccc4)c4cccc(O)c4n3)cccc21.CC(C)n1c(-c2cc(C(C)(C)C)cc3c2[n-]c2ccc(C(C)(C)C)cc23)nc2c(-c3ccc4cccc(O)c4n3)cccc21.Cc1cc(C)cc(-c2cc(-c3cccc4c3nc(-c3cc(C(C)(C)C)cc5c3[n-]c3ccc(C(C)(C)C)cc35)n4C)nc3c(O)cccc23)c1.[Pt].[Pt].[Pt]. The van der Waals surface area contributed by atoms with Gasteiger partial charge in [0.1, 0.15) is 51.3 Å². The number of rotatable bonds is 10. The van der Waals surface area contributed by atoms with Crippen molar-refractivity contribution in [1.82, 2.24) is 58.6 Å². The molecule has 0 aliphatic rings. The summed E-state index contributed by atoms with van der Waals surface area (Å²) < 4.78 is 6.86. The second kappa shape index (κ2) is 38.4. The number of hydrogen-bond donors (Lipinski definition) is 3. The third-order valence-electron chi connectivity index (χ3n) is 29.0. The van der Waals surface area contributed by atoms with Gasteiger partial charge in [0.25, 0.3) is 0 Å². The molecular formula is C129H125N12O3Pt3-3. The van der Waals surface area contributed by atoms with Crippen molar-refractivity contribution >= 4 is 131 Å². The number of pyridine rings is 3. The normalized spacial score (nSPS) is 12.4. The average molecular weight is 2480 g/mol. The molecular weight excluding hydrogens is 2350 g/mol. The minimum Gasteiger partial charge on any atom is -0.656 e. The summed E-state index contributed by atoms with van der Waals surface area (Å²) in [6, 6.07) is 95.1. The van der Waals surface area contributed by atoms with E-state index in [1.54, 1.807) is 18.2 Å². The van der Waals surface area contributed by atoms with E-state index in [0.717, 1.165) is 183 Å². The molecule has 0 spiro atoms. The number of aromatic hydroxyl groups is 3. The van der Waals surface area contributed by atoms with Crippen molar-refractivity contribution in [3.05, 3.63) is 317 Å². The number of hydrogen-bond acceptors (Lipinski definition) is 9. The molecule has 752 valence electrons. The number of fused-ring (bicyclic) bond motifs is 15. The summed E-state index contributed by atoms with van der Waals surface area (Å²) >= 11 is 0. The largest absolute Gasteiger partial charge is 0.656 e. The molecule has 23 aromatic rings. The van der Waals surface area contributed by atoms with Crippen molar-refractivity contribution in [3.8, 4) is 107 Å². The predicted octanol–water partition coefficient (Wildman–Crippen LogP) is 33.1. The van der Waals surface area contributed by atoms with E-state index in [9.17, 15) is 15.3 Å². The molecule has 0 fully saturated rings. The smallest absolute Gasteiger partial charge is 0.141 e. The molecule has 0 aliphatic heterocycles. The summed E-state index contributed by atoms with van der Waals surface area (Å²) in [6.07, 6.45) is 0. The molecule has 0 saturated heterocycles. The van der Waals surface area contributed by atoms with Crippen LogP contribution in [0.3, 0.4) is 0 Å². The van der Waals surface area contributed by atoms with Crippen molar-refractivity contribution in [3.63, 3.8) is 0 Å². The van der Waals surface area contributed by atoms with Crippen LogP contribution in [0.5, 0.6) is 17.2 Å². The number of benzene rings is 14. The summed E-state index contributed by atoms with van der Waals surface area (Å²) in [6.45, 7) is 53.8. The summed E-state index contributed by atoms with van der Waals surface area (Å²) in [4.78, 5) is 47.1. The topological polar surface area (TPSA) is 195 Å². The number of imidazole rings is 3. The molecule has 0 unspecified atom stereocenters. The van der Waals surface area contributed by atoms with Crippen LogP contribution in [0.1, 0.15) is 209 Å². The van der Waals surface area contributed by atoms with Gasteiger partial charge in [-0.3, -0.25) is 0 Å². The fraction of sp³-hybridized carbons (Fsp3) is 0.256. The maximum atomic E-state index is 11.1. The third-order valence-corrected chi connectivity index (χ3v) is 29.0. The van der Waals surface area contributed by atoms with E-state index >= 15 is 0 Å².